The van der Waals surface area contributed by atoms with Crippen molar-refractivity contribution in [2.24, 2.45) is 10.2 Å². The Balaban J connectivity index is 1.81. The van der Waals surface area contributed by atoms with Crippen molar-refractivity contribution in [1.82, 2.24) is 5.43 Å². The van der Waals surface area contributed by atoms with Gasteiger partial charge in [0.25, 0.3) is 5.91 Å². The molecule has 0 radical (unpaired) electrons. The van der Waals surface area contributed by atoms with Crippen LogP contribution in [-0.4, -0.2) is 43.6 Å². The molecule has 0 aromatic heterocycles. The minimum absolute atomic E-state index is 0.288. The summed E-state index contributed by atoms with van der Waals surface area (Å²) in [6.07, 6.45) is 0. The minimum Gasteiger partial charge on any atom is -0.378 e. The van der Waals surface area contributed by atoms with E-state index in [2.05, 4.69) is 26.0 Å². The molecule has 0 aliphatic carbocycles. The van der Waals surface area contributed by atoms with Crippen LogP contribution in [0.5, 0.6) is 0 Å². The van der Waals surface area contributed by atoms with Gasteiger partial charge in [-0.15, -0.1) is 0 Å². The summed E-state index contributed by atoms with van der Waals surface area (Å²) in [7, 11) is 0. The van der Waals surface area contributed by atoms with Gasteiger partial charge >= 0.3 is 0 Å². The van der Waals surface area contributed by atoms with Gasteiger partial charge in [0, 0.05) is 13.1 Å². The van der Waals surface area contributed by atoms with E-state index in [9.17, 15) is 4.79 Å². The molecule has 2 aliphatic rings. The average molecular weight is 287 g/mol. The van der Waals surface area contributed by atoms with E-state index in [4.69, 9.17) is 4.74 Å². The van der Waals surface area contributed by atoms with E-state index in [1.165, 1.54) is 0 Å². The first kappa shape index (κ1) is 13.6. The molecule has 7 heteroatoms. The van der Waals surface area contributed by atoms with Gasteiger partial charge in [0.1, 0.15) is 0 Å². The van der Waals surface area contributed by atoms with Crippen molar-refractivity contribution in [2.75, 3.05) is 36.6 Å². The Labute approximate surface area is 122 Å². The number of ether oxygens (including phenoxy) is 1. The molecule has 0 atom stereocenters. The Kier molecular flexibility index (Phi) is 3.83. The van der Waals surface area contributed by atoms with Crippen LogP contribution in [0.25, 0.3) is 0 Å². The smallest absolute Gasteiger partial charge is 0.293 e. The molecule has 21 heavy (non-hydrogen) atoms. The summed E-state index contributed by atoms with van der Waals surface area (Å²) in [6.45, 7) is 4.87. The van der Waals surface area contributed by atoms with Gasteiger partial charge in [0.2, 0.25) is 0 Å². The van der Waals surface area contributed by atoms with Crippen LogP contribution < -0.4 is 15.8 Å². The lowest BCUT2D eigenvalue weighted by Gasteiger charge is -2.30. The lowest BCUT2D eigenvalue weighted by molar-refractivity contribution is -0.114. The number of nitrogens with one attached hydrogen (secondary N) is 2. The largest absolute Gasteiger partial charge is 0.378 e. The Morgan fingerprint density at radius 1 is 1.33 bits per heavy atom. The highest BCUT2D eigenvalue weighted by Gasteiger charge is 2.21. The van der Waals surface area contributed by atoms with Gasteiger partial charge in [0.15, 0.2) is 5.71 Å². The van der Waals surface area contributed by atoms with Gasteiger partial charge in [-0.2, -0.15) is 10.2 Å². The second-order valence-electron chi connectivity index (χ2n) is 4.83. The van der Waals surface area contributed by atoms with Crippen LogP contribution in [0, 0.1) is 0 Å². The van der Waals surface area contributed by atoms with E-state index in [0.717, 1.165) is 37.7 Å². The summed E-state index contributed by atoms with van der Waals surface area (Å²) in [6, 6.07) is 7.89. The number of nitrogens with zero attached hydrogens (tertiary/aromatic N) is 3. The SMILES string of the molecule is CC1=NNC(=O)/C1=N/Nc1ccccc1N1CCOCC1. The highest BCUT2D eigenvalue weighted by atomic mass is 16.5. The summed E-state index contributed by atoms with van der Waals surface area (Å²) in [5.41, 5.74) is 8.17. The number of benzene rings is 1. The van der Waals surface area contributed by atoms with Crippen LogP contribution in [0.1, 0.15) is 6.92 Å². The fourth-order valence-corrected chi connectivity index (χ4v) is 2.30. The van der Waals surface area contributed by atoms with Crippen molar-refractivity contribution < 1.29 is 9.53 Å². The van der Waals surface area contributed by atoms with Gasteiger partial charge in [-0.05, 0) is 19.1 Å². The summed E-state index contributed by atoms with van der Waals surface area (Å²) in [4.78, 5) is 13.8. The number of hydrogen-bond donors (Lipinski definition) is 2. The summed E-state index contributed by atoms with van der Waals surface area (Å²) >= 11 is 0. The third-order valence-electron chi connectivity index (χ3n) is 3.43. The van der Waals surface area contributed by atoms with E-state index >= 15 is 0 Å². The zero-order valence-electron chi connectivity index (χ0n) is 11.8. The second kappa shape index (κ2) is 5.92. The van der Waals surface area contributed by atoms with Crippen LogP contribution in [0.3, 0.4) is 0 Å². The maximum Gasteiger partial charge on any atom is 0.293 e. The predicted octanol–water partition coefficient (Wildman–Crippen LogP) is 0.797. The van der Waals surface area contributed by atoms with Crippen LogP contribution in [-0.2, 0) is 9.53 Å². The topological polar surface area (TPSA) is 78.3 Å². The maximum absolute atomic E-state index is 11.6. The Hall–Kier alpha value is -2.41. The molecule has 0 unspecified atom stereocenters. The molecule has 1 amide bonds. The molecule has 110 valence electrons. The molecule has 2 heterocycles. The second-order valence-corrected chi connectivity index (χ2v) is 4.83. The standard InChI is InChI=1S/C14H17N5O2/c1-10-13(14(20)18-15-10)17-16-11-4-2-3-5-12(11)19-6-8-21-9-7-19/h2-5,16H,6-9H2,1H3,(H,17,18,20). The van der Waals surface area contributed by atoms with Crippen molar-refractivity contribution >= 4 is 28.7 Å². The molecule has 3 rings (SSSR count). The number of carbonyl (C=O) groups excluding carboxylic acids is 1. The molecule has 0 spiro atoms. The van der Waals surface area contributed by atoms with Gasteiger partial charge in [-0.25, -0.2) is 5.43 Å². The number of hydrogen-bond acceptors (Lipinski definition) is 6. The minimum atomic E-state index is -0.288. The molecule has 7 nitrogen and oxygen atoms in total. The van der Waals surface area contributed by atoms with Crippen LogP contribution in [0.2, 0.25) is 0 Å². The van der Waals surface area contributed by atoms with Crippen molar-refractivity contribution in [3.8, 4) is 0 Å². The summed E-state index contributed by atoms with van der Waals surface area (Å²) < 4.78 is 5.37. The van der Waals surface area contributed by atoms with Crippen LogP contribution in [0.4, 0.5) is 11.4 Å². The molecule has 0 saturated carbocycles. The average Bonchev–Trinajstić information content (AvgIpc) is 2.85. The maximum atomic E-state index is 11.6. The van der Waals surface area contributed by atoms with Crippen molar-refractivity contribution in [3.63, 3.8) is 0 Å². The number of amides is 1. The number of morpholine rings is 1. The van der Waals surface area contributed by atoms with Crippen molar-refractivity contribution in [1.29, 1.82) is 0 Å². The fraction of sp³-hybridized carbons (Fsp3) is 0.357. The van der Waals surface area contributed by atoms with E-state index in [1.807, 2.05) is 24.3 Å². The number of anilines is 2. The molecule has 1 fully saturated rings. The highest BCUT2D eigenvalue weighted by molar-refractivity contribution is 6.68. The summed E-state index contributed by atoms with van der Waals surface area (Å²) in [5.74, 6) is -0.288. The number of hydrazone groups is 2. The molecule has 1 aromatic rings. The number of rotatable bonds is 3. The first-order valence-electron chi connectivity index (χ1n) is 6.86. The Bertz CT molecular complexity index is 605. The van der Waals surface area contributed by atoms with Gasteiger partial charge in [-0.1, -0.05) is 12.1 Å². The van der Waals surface area contributed by atoms with Gasteiger partial charge in [-0.3, -0.25) is 10.2 Å². The molecule has 1 saturated heterocycles. The molecule has 1 aromatic carbocycles. The zero-order valence-corrected chi connectivity index (χ0v) is 11.8. The lowest BCUT2D eigenvalue weighted by atomic mass is 10.2. The highest BCUT2D eigenvalue weighted by Crippen LogP contribution is 2.26. The Morgan fingerprint density at radius 2 is 2.10 bits per heavy atom. The first-order chi connectivity index (χ1) is 10.3. The molecular formula is C14H17N5O2. The quantitative estimate of drug-likeness (QED) is 0.806. The number of para-hydroxylation sites is 2. The predicted molar refractivity (Wildman–Crippen MR) is 81.8 cm³/mol. The van der Waals surface area contributed by atoms with Gasteiger partial charge in [0.05, 0.1) is 30.3 Å². The first-order valence-corrected chi connectivity index (χ1v) is 6.86. The Morgan fingerprint density at radius 3 is 2.81 bits per heavy atom. The third kappa shape index (κ3) is 2.87. The van der Waals surface area contributed by atoms with Crippen molar-refractivity contribution in [2.45, 2.75) is 6.92 Å². The number of carbonyl (C=O) groups is 1. The van der Waals surface area contributed by atoms with E-state index in [-0.39, 0.29) is 5.91 Å². The lowest BCUT2D eigenvalue weighted by Crippen LogP contribution is -2.36. The van der Waals surface area contributed by atoms with Crippen molar-refractivity contribution in [3.05, 3.63) is 24.3 Å². The monoisotopic (exact) mass is 287 g/mol. The normalized spacial score (nSPS) is 20.4. The van der Waals surface area contributed by atoms with Crippen LogP contribution >= 0.6 is 0 Å². The van der Waals surface area contributed by atoms with Gasteiger partial charge < -0.3 is 9.64 Å². The molecule has 2 N–H and O–H groups in total. The van der Waals surface area contributed by atoms with E-state index < -0.39 is 0 Å². The van der Waals surface area contributed by atoms with Crippen LogP contribution in [0.15, 0.2) is 34.5 Å². The third-order valence-corrected chi connectivity index (χ3v) is 3.43. The fourth-order valence-electron chi connectivity index (χ4n) is 2.30. The van der Waals surface area contributed by atoms with E-state index in [0.29, 0.717) is 11.4 Å². The molecule has 0 bridgehead atoms. The zero-order chi connectivity index (χ0) is 14.7. The molecular weight excluding hydrogens is 270 g/mol. The molecule has 2 aliphatic heterocycles. The van der Waals surface area contributed by atoms with E-state index in [1.54, 1.807) is 6.92 Å². The summed E-state index contributed by atoms with van der Waals surface area (Å²) in [5, 5.41) is 8.02.